The standard InChI is InChI=1S/C29H32N4O2/c1-32(2)22-23-13-15-24(16-14-23)27-12-7-6-9-25(27)21-31-28(34)17-18-29(35)33(20-8-19-30)26-10-4-3-5-11-26/h3-7,9-16H,8,17-18,20-22H2,1-2H3,(H,31,34). The molecule has 3 aromatic rings. The topological polar surface area (TPSA) is 76.4 Å². The maximum Gasteiger partial charge on any atom is 0.227 e. The quantitative estimate of drug-likeness (QED) is 0.440. The lowest BCUT2D eigenvalue weighted by atomic mass is 9.98. The van der Waals surface area contributed by atoms with Gasteiger partial charge >= 0.3 is 0 Å². The third-order valence-corrected chi connectivity index (χ3v) is 5.64. The fraction of sp³-hybridized carbons (Fsp3) is 0.276. The highest BCUT2D eigenvalue weighted by molar-refractivity contribution is 5.95. The van der Waals surface area contributed by atoms with Crippen molar-refractivity contribution in [2.75, 3.05) is 25.5 Å². The summed E-state index contributed by atoms with van der Waals surface area (Å²) in [6, 6.07) is 27.8. The van der Waals surface area contributed by atoms with Gasteiger partial charge in [-0.3, -0.25) is 9.59 Å². The zero-order valence-corrected chi connectivity index (χ0v) is 20.4. The van der Waals surface area contributed by atoms with E-state index in [1.807, 2.05) is 62.6 Å². The average Bonchev–Trinajstić information content (AvgIpc) is 2.87. The highest BCUT2D eigenvalue weighted by Crippen LogP contribution is 2.24. The lowest BCUT2D eigenvalue weighted by Gasteiger charge is -2.21. The summed E-state index contributed by atoms with van der Waals surface area (Å²) in [5.74, 6) is -0.345. The van der Waals surface area contributed by atoms with Crippen LogP contribution in [0.25, 0.3) is 11.1 Å². The predicted octanol–water partition coefficient (Wildman–Crippen LogP) is 4.76. The molecule has 0 saturated heterocycles. The van der Waals surface area contributed by atoms with E-state index < -0.39 is 0 Å². The summed E-state index contributed by atoms with van der Waals surface area (Å²) >= 11 is 0. The summed E-state index contributed by atoms with van der Waals surface area (Å²) in [5.41, 5.74) is 5.18. The summed E-state index contributed by atoms with van der Waals surface area (Å²) in [6.45, 7) is 1.58. The molecule has 1 N–H and O–H groups in total. The molecule has 35 heavy (non-hydrogen) atoms. The molecule has 0 aliphatic heterocycles. The highest BCUT2D eigenvalue weighted by atomic mass is 16.2. The van der Waals surface area contributed by atoms with Gasteiger partial charge in [0, 0.05) is 38.2 Å². The highest BCUT2D eigenvalue weighted by Gasteiger charge is 2.17. The van der Waals surface area contributed by atoms with Crippen LogP contribution in [0, 0.1) is 11.3 Å². The van der Waals surface area contributed by atoms with Crippen molar-refractivity contribution in [1.29, 1.82) is 5.26 Å². The Balaban J connectivity index is 1.58. The number of nitriles is 1. The van der Waals surface area contributed by atoms with Gasteiger partial charge in [0.15, 0.2) is 0 Å². The molecule has 0 fully saturated rings. The number of nitrogens with one attached hydrogen (secondary N) is 1. The van der Waals surface area contributed by atoms with Crippen LogP contribution in [0.3, 0.4) is 0 Å². The number of amides is 2. The molecule has 6 nitrogen and oxygen atoms in total. The van der Waals surface area contributed by atoms with E-state index in [1.54, 1.807) is 4.90 Å². The summed E-state index contributed by atoms with van der Waals surface area (Å²) in [4.78, 5) is 29.1. The maximum atomic E-state index is 12.8. The van der Waals surface area contributed by atoms with Crippen molar-refractivity contribution in [3.63, 3.8) is 0 Å². The van der Waals surface area contributed by atoms with Crippen LogP contribution in [0.2, 0.25) is 0 Å². The number of rotatable bonds is 11. The van der Waals surface area contributed by atoms with Gasteiger partial charge in [-0.05, 0) is 48.5 Å². The molecule has 0 radical (unpaired) electrons. The monoisotopic (exact) mass is 468 g/mol. The first-order chi connectivity index (χ1) is 17.0. The third-order valence-electron chi connectivity index (χ3n) is 5.64. The van der Waals surface area contributed by atoms with Crippen LogP contribution in [0.5, 0.6) is 0 Å². The summed E-state index contributed by atoms with van der Waals surface area (Å²) < 4.78 is 0. The van der Waals surface area contributed by atoms with Gasteiger partial charge in [-0.15, -0.1) is 0 Å². The Morgan fingerprint density at radius 3 is 2.26 bits per heavy atom. The minimum atomic E-state index is -0.178. The van der Waals surface area contributed by atoms with Gasteiger partial charge in [0.1, 0.15) is 0 Å². The third kappa shape index (κ3) is 7.80. The molecule has 2 amide bonds. The van der Waals surface area contributed by atoms with E-state index in [0.717, 1.165) is 28.9 Å². The van der Waals surface area contributed by atoms with Crippen molar-refractivity contribution in [1.82, 2.24) is 10.2 Å². The Hall–Kier alpha value is -3.95. The summed E-state index contributed by atoms with van der Waals surface area (Å²) in [6.07, 6.45) is 0.414. The van der Waals surface area contributed by atoms with Gasteiger partial charge < -0.3 is 15.1 Å². The zero-order valence-electron chi connectivity index (χ0n) is 20.4. The van der Waals surface area contributed by atoms with Gasteiger partial charge in [-0.2, -0.15) is 5.26 Å². The summed E-state index contributed by atoms with van der Waals surface area (Å²) in [7, 11) is 4.09. The van der Waals surface area contributed by atoms with E-state index in [0.29, 0.717) is 13.1 Å². The predicted molar refractivity (Wildman–Crippen MR) is 139 cm³/mol. The first-order valence-corrected chi connectivity index (χ1v) is 11.8. The van der Waals surface area contributed by atoms with Crippen molar-refractivity contribution in [3.8, 4) is 17.2 Å². The minimum absolute atomic E-state index is 0.0845. The number of anilines is 1. The molecule has 0 aliphatic rings. The molecule has 0 saturated carbocycles. The van der Waals surface area contributed by atoms with Crippen molar-refractivity contribution >= 4 is 17.5 Å². The Labute approximate surface area is 207 Å². The first kappa shape index (κ1) is 25.7. The van der Waals surface area contributed by atoms with E-state index >= 15 is 0 Å². The molecule has 0 aliphatic carbocycles. The molecule has 0 heterocycles. The Morgan fingerprint density at radius 1 is 0.886 bits per heavy atom. The van der Waals surface area contributed by atoms with Crippen molar-refractivity contribution in [3.05, 3.63) is 90.0 Å². The van der Waals surface area contributed by atoms with Gasteiger partial charge in [0.25, 0.3) is 0 Å². The molecule has 0 atom stereocenters. The van der Waals surface area contributed by atoms with E-state index in [4.69, 9.17) is 5.26 Å². The molecule has 0 spiro atoms. The number of benzene rings is 3. The zero-order chi connectivity index (χ0) is 25.0. The van der Waals surface area contributed by atoms with Crippen LogP contribution in [0.1, 0.15) is 30.4 Å². The van der Waals surface area contributed by atoms with Crippen LogP contribution < -0.4 is 10.2 Å². The molecule has 180 valence electrons. The Morgan fingerprint density at radius 2 is 1.57 bits per heavy atom. The van der Waals surface area contributed by atoms with Gasteiger partial charge in [0.05, 0.1) is 12.5 Å². The number of carbonyl (C=O) groups excluding carboxylic acids is 2. The van der Waals surface area contributed by atoms with Gasteiger partial charge in [-0.25, -0.2) is 0 Å². The molecular weight excluding hydrogens is 436 g/mol. The number of nitrogens with zero attached hydrogens (tertiary/aromatic N) is 3. The SMILES string of the molecule is CN(C)Cc1ccc(-c2ccccc2CNC(=O)CCC(=O)N(CCC#N)c2ccccc2)cc1. The largest absolute Gasteiger partial charge is 0.352 e. The molecule has 0 bridgehead atoms. The Kier molecular flexibility index (Phi) is 9.58. The van der Waals surface area contributed by atoms with Crippen LogP contribution in [-0.2, 0) is 22.7 Å². The average molecular weight is 469 g/mol. The maximum absolute atomic E-state index is 12.8. The Bertz CT molecular complexity index is 1150. The second kappa shape index (κ2) is 13.1. The second-order valence-electron chi connectivity index (χ2n) is 8.66. The number of para-hydroxylation sites is 1. The normalized spacial score (nSPS) is 10.6. The fourth-order valence-corrected chi connectivity index (χ4v) is 3.92. The van der Waals surface area contributed by atoms with Gasteiger partial charge in [0.2, 0.25) is 11.8 Å². The molecule has 3 rings (SSSR count). The lowest BCUT2D eigenvalue weighted by molar-refractivity contribution is -0.125. The van der Waals surface area contributed by atoms with E-state index in [1.165, 1.54) is 5.56 Å². The van der Waals surface area contributed by atoms with Crippen LogP contribution >= 0.6 is 0 Å². The molecule has 3 aromatic carbocycles. The smallest absolute Gasteiger partial charge is 0.227 e. The van der Waals surface area contributed by atoms with E-state index in [9.17, 15) is 9.59 Å². The van der Waals surface area contributed by atoms with Crippen LogP contribution in [-0.4, -0.2) is 37.4 Å². The summed E-state index contributed by atoms with van der Waals surface area (Å²) in [5, 5.41) is 11.9. The molecule has 0 aromatic heterocycles. The molecular formula is C29H32N4O2. The van der Waals surface area contributed by atoms with Gasteiger partial charge in [-0.1, -0.05) is 66.7 Å². The van der Waals surface area contributed by atoms with Crippen molar-refractivity contribution < 1.29 is 9.59 Å². The number of carbonyl (C=O) groups is 2. The van der Waals surface area contributed by atoms with Crippen LogP contribution in [0.4, 0.5) is 5.69 Å². The lowest BCUT2D eigenvalue weighted by Crippen LogP contribution is -2.33. The first-order valence-electron chi connectivity index (χ1n) is 11.8. The second-order valence-corrected chi connectivity index (χ2v) is 8.66. The van der Waals surface area contributed by atoms with Crippen LogP contribution in [0.15, 0.2) is 78.9 Å². The number of hydrogen-bond acceptors (Lipinski definition) is 4. The van der Waals surface area contributed by atoms with E-state index in [2.05, 4.69) is 46.6 Å². The van der Waals surface area contributed by atoms with Crippen molar-refractivity contribution in [2.45, 2.75) is 32.4 Å². The minimum Gasteiger partial charge on any atom is -0.352 e. The number of hydrogen-bond donors (Lipinski definition) is 1. The van der Waals surface area contributed by atoms with E-state index in [-0.39, 0.29) is 31.1 Å². The van der Waals surface area contributed by atoms with Crippen molar-refractivity contribution in [2.24, 2.45) is 0 Å². The molecule has 6 heteroatoms. The molecule has 0 unspecified atom stereocenters. The fourth-order valence-electron chi connectivity index (χ4n) is 3.92.